The summed E-state index contributed by atoms with van der Waals surface area (Å²) in [4.78, 5) is 13.4. The average Bonchev–Trinajstić information content (AvgIpc) is 3.07. The largest absolute Gasteiger partial charge is 0.395 e. The third-order valence-electron chi connectivity index (χ3n) is 5.18. The molecule has 0 spiro atoms. The summed E-state index contributed by atoms with van der Waals surface area (Å²) >= 11 is 6.21. The molecule has 28 heavy (non-hydrogen) atoms. The number of aromatic nitrogens is 3. The van der Waals surface area contributed by atoms with Crippen LogP contribution in [0.3, 0.4) is 0 Å². The third kappa shape index (κ3) is 3.31. The maximum atomic E-state index is 9.81. The Balaban J connectivity index is 1.67. The van der Waals surface area contributed by atoms with Gasteiger partial charge in [0.05, 0.1) is 34.6 Å². The fourth-order valence-corrected chi connectivity index (χ4v) is 3.60. The van der Waals surface area contributed by atoms with Crippen LogP contribution in [0.1, 0.15) is 30.2 Å². The molecule has 2 aromatic heterocycles. The van der Waals surface area contributed by atoms with Crippen molar-refractivity contribution in [2.45, 2.75) is 25.2 Å². The van der Waals surface area contributed by atoms with Crippen molar-refractivity contribution >= 4 is 23.2 Å². The zero-order chi connectivity index (χ0) is 19.7. The second-order valence-corrected chi connectivity index (χ2v) is 7.54. The van der Waals surface area contributed by atoms with Crippen LogP contribution in [0.2, 0.25) is 5.02 Å². The number of nitriles is 1. The fourth-order valence-electron chi connectivity index (χ4n) is 3.44. The van der Waals surface area contributed by atoms with Crippen molar-refractivity contribution in [2.24, 2.45) is 0 Å². The lowest BCUT2D eigenvalue weighted by Crippen LogP contribution is -2.23. The predicted molar refractivity (Wildman–Crippen MR) is 107 cm³/mol. The Hall–Kier alpha value is -3.01. The summed E-state index contributed by atoms with van der Waals surface area (Å²) in [5.41, 5.74) is 4.48. The van der Waals surface area contributed by atoms with Crippen molar-refractivity contribution in [2.75, 3.05) is 11.9 Å². The number of rotatable bonds is 4. The lowest BCUT2D eigenvalue weighted by Gasteiger charge is -2.22. The number of benzene rings is 1. The van der Waals surface area contributed by atoms with E-state index in [0.717, 1.165) is 29.7 Å². The van der Waals surface area contributed by atoms with E-state index >= 15 is 0 Å². The van der Waals surface area contributed by atoms with Crippen LogP contribution < -0.4 is 5.32 Å². The van der Waals surface area contributed by atoms with Crippen molar-refractivity contribution in [1.29, 1.82) is 5.26 Å². The van der Waals surface area contributed by atoms with E-state index in [0.29, 0.717) is 27.9 Å². The monoisotopic (exact) mass is 391 g/mol. The van der Waals surface area contributed by atoms with E-state index in [2.05, 4.69) is 39.3 Å². The highest BCUT2D eigenvalue weighted by Crippen LogP contribution is 2.39. The standard InChI is InChI=1S/C21H18ClN5O/c1-21(12-28)6-4-18-15(21)9-14(11-25-18)17-5-7-24-20(26-17)27-19-8-13(10-23)2-3-16(19)22/h2-3,5,7-9,11,28H,4,6,12H2,1H3,(H,24,26,27). The van der Waals surface area contributed by atoms with Crippen LogP contribution in [0, 0.1) is 11.3 Å². The number of aryl methyl sites for hydroxylation is 1. The molecule has 7 heteroatoms. The lowest BCUT2D eigenvalue weighted by molar-refractivity contribution is 0.206. The van der Waals surface area contributed by atoms with Gasteiger partial charge in [-0.2, -0.15) is 5.26 Å². The molecule has 2 N–H and O–H groups in total. The van der Waals surface area contributed by atoms with Crippen molar-refractivity contribution in [3.63, 3.8) is 0 Å². The number of aliphatic hydroxyl groups excluding tert-OH is 1. The topological polar surface area (TPSA) is 94.7 Å². The quantitative estimate of drug-likeness (QED) is 0.697. The Kier molecular flexibility index (Phi) is 4.71. The first-order valence-corrected chi connectivity index (χ1v) is 9.30. The van der Waals surface area contributed by atoms with Crippen molar-refractivity contribution < 1.29 is 5.11 Å². The second kappa shape index (κ2) is 7.19. The summed E-state index contributed by atoms with van der Waals surface area (Å²) in [5, 5.41) is 22.4. The van der Waals surface area contributed by atoms with E-state index in [1.54, 1.807) is 30.6 Å². The smallest absolute Gasteiger partial charge is 0.227 e. The molecule has 0 aliphatic heterocycles. The van der Waals surface area contributed by atoms with Gasteiger partial charge < -0.3 is 10.4 Å². The summed E-state index contributed by atoms with van der Waals surface area (Å²) in [6.07, 6.45) is 5.22. The number of hydrogen-bond donors (Lipinski definition) is 2. The van der Waals surface area contributed by atoms with E-state index in [-0.39, 0.29) is 12.0 Å². The van der Waals surface area contributed by atoms with E-state index in [4.69, 9.17) is 16.9 Å². The molecule has 140 valence electrons. The van der Waals surface area contributed by atoms with Gasteiger partial charge in [-0.1, -0.05) is 18.5 Å². The van der Waals surface area contributed by atoms with E-state index in [9.17, 15) is 5.11 Å². The molecule has 4 rings (SSSR count). The molecule has 1 aliphatic carbocycles. The zero-order valence-electron chi connectivity index (χ0n) is 15.3. The van der Waals surface area contributed by atoms with E-state index in [1.807, 2.05) is 6.07 Å². The van der Waals surface area contributed by atoms with Gasteiger partial charge in [0.15, 0.2) is 0 Å². The Labute approximate surface area is 167 Å². The number of nitrogens with zero attached hydrogens (tertiary/aromatic N) is 4. The highest BCUT2D eigenvalue weighted by atomic mass is 35.5. The summed E-state index contributed by atoms with van der Waals surface area (Å²) in [6, 6.07) is 10.9. The number of pyridine rings is 1. The van der Waals surface area contributed by atoms with Gasteiger partial charge in [-0.3, -0.25) is 4.98 Å². The Bertz CT molecular complexity index is 1090. The molecular formula is C21H18ClN5O. The molecule has 1 aromatic carbocycles. The first kappa shape index (κ1) is 18.4. The van der Waals surface area contributed by atoms with Crippen molar-refractivity contribution in [3.8, 4) is 17.3 Å². The van der Waals surface area contributed by atoms with Gasteiger partial charge in [0, 0.05) is 29.1 Å². The molecule has 3 aromatic rings. The lowest BCUT2D eigenvalue weighted by atomic mass is 9.85. The average molecular weight is 392 g/mol. The summed E-state index contributed by atoms with van der Waals surface area (Å²) in [6.45, 7) is 2.15. The van der Waals surface area contributed by atoms with Crippen LogP contribution in [0.4, 0.5) is 11.6 Å². The molecule has 0 saturated carbocycles. The van der Waals surface area contributed by atoms with Crippen LogP contribution in [-0.4, -0.2) is 26.7 Å². The normalized spacial score (nSPS) is 17.8. The number of anilines is 2. The number of nitrogens with one attached hydrogen (secondary N) is 1. The molecule has 0 radical (unpaired) electrons. The van der Waals surface area contributed by atoms with Gasteiger partial charge in [-0.15, -0.1) is 0 Å². The summed E-state index contributed by atoms with van der Waals surface area (Å²) in [5.74, 6) is 0.375. The van der Waals surface area contributed by atoms with E-state index in [1.165, 1.54) is 0 Å². The number of hydrogen-bond acceptors (Lipinski definition) is 6. The zero-order valence-corrected chi connectivity index (χ0v) is 16.0. The molecular weight excluding hydrogens is 374 g/mol. The molecule has 0 bridgehead atoms. The minimum atomic E-state index is -0.266. The molecule has 2 heterocycles. The number of aliphatic hydroxyl groups is 1. The van der Waals surface area contributed by atoms with Gasteiger partial charge in [-0.05, 0) is 48.7 Å². The molecule has 1 atom stereocenters. The summed E-state index contributed by atoms with van der Waals surface area (Å²) in [7, 11) is 0. The molecule has 6 nitrogen and oxygen atoms in total. The highest BCUT2D eigenvalue weighted by molar-refractivity contribution is 6.33. The van der Waals surface area contributed by atoms with E-state index < -0.39 is 0 Å². The van der Waals surface area contributed by atoms with Gasteiger partial charge in [0.1, 0.15) is 0 Å². The van der Waals surface area contributed by atoms with Gasteiger partial charge in [0.2, 0.25) is 5.95 Å². The fraction of sp³-hybridized carbons (Fsp3) is 0.238. The second-order valence-electron chi connectivity index (χ2n) is 7.13. The minimum Gasteiger partial charge on any atom is -0.395 e. The van der Waals surface area contributed by atoms with Gasteiger partial charge in [-0.25, -0.2) is 9.97 Å². The van der Waals surface area contributed by atoms with Crippen LogP contribution in [0.5, 0.6) is 0 Å². The first-order chi connectivity index (χ1) is 13.5. The molecule has 0 saturated heterocycles. The molecule has 1 aliphatic rings. The Morgan fingerprint density at radius 3 is 2.93 bits per heavy atom. The number of halogens is 1. The predicted octanol–water partition coefficient (Wildman–Crippen LogP) is 4.00. The maximum absolute atomic E-state index is 9.81. The van der Waals surface area contributed by atoms with Gasteiger partial charge in [0.25, 0.3) is 0 Å². The minimum absolute atomic E-state index is 0.0927. The van der Waals surface area contributed by atoms with Crippen molar-refractivity contribution in [1.82, 2.24) is 15.0 Å². The van der Waals surface area contributed by atoms with Crippen LogP contribution in [-0.2, 0) is 11.8 Å². The molecule has 1 unspecified atom stereocenters. The van der Waals surface area contributed by atoms with Gasteiger partial charge >= 0.3 is 0 Å². The number of fused-ring (bicyclic) bond motifs is 1. The maximum Gasteiger partial charge on any atom is 0.227 e. The van der Waals surface area contributed by atoms with Crippen LogP contribution in [0.15, 0.2) is 42.7 Å². The SMILES string of the molecule is CC1(CO)CCc2ncc(-c3ccnc(Nc4cc(C#N)ccc4Cl)n3)cc21. The molecule has 0 fully saturated rings. The first-order valence-electron chi connectivity index (χ1n) is 8.93. The highest BCUT2D eigenvalue weighted by Gasteiger charge is 2.34. The Morgan fingerprint density at radius 2 is 2.14 bits per heavy atom. The third-order valence-corrected chi connectivity index (χ3v) is 5.51. The Morgan fingerprint density at radius 1 is 1.29 bits per heavy atom. The van der Waals surface area contributed by atoms with Crippen LogP contribution >= 0.6 is 11.6 Å². The summed E-state index contributed by atoms with van der Waals surface area (Å²) < 4.78 is 0. The van der Waals surface area contributed by atoms with Crippen molar-refractivity contribution in [3.05, 3.63) is 64.6 Å². The van der Waals surface area contributed by atoms with Crippen LogP contribution in [0.25, 0.3) is 11.3 Å². The molecule has 0 amide bonds.